The number of nitro benzene ring substituents is 1. The molecule has 1 aromatic heterocycles. The minimum absolute atomic E-state index is 0.0313. The number of nitrogens with zero attached hydrogens (tertiary/aromatic N) is 2. The van der Waals surface area contributed by atoms with Crippen LogP contribution < -0.4 is 16.6 Å². The fourth-order valence-electron chi connectivity index (χ4n) is 1.84. The molecule has 7 heteroatoms. The summed E-state index contributed by atoms with van der Waals surface area (Å²) in [6.45, 7) is 1.93. The van der Waals surface area contributed by atoms with Gasteiger partial charge in [0.2, 0.25) is 0 Å². The zero-order valence-corrected chi connectivity index (χ0v) is 10.9. The summed E-state index contributed by atoms with van der Waals surface area (Å²) < 4.78 is 0. The van der Waals surface area contributed by atoms with Gasteiger partial charge in [0.05, 0.1) is 22.3 Å². The number of nitrogens with two attached hydrogens (primary N) is 1. The van der Waals surface area contributed by atoms with E-state index in [1.165, 1.54) is 12.1 Å². The first-order chi connectivity index (χ1) is 9.60. The molecule has 1 heterocycles. The number of nitrogen functional groups attached to an aromatic ring is 1. The molecule has 0 bridgehead atoms. The lowest BCUT2D eigenvalue weighted by molar-refractivity contribution is -0.384. The van der Waals surface area contributed by atoms with Gasteiger partial charge < -0.3 is 10.7 Å². The summed E-state index contributed by atoms with van der Waals surface area (Å²) in [5, 5.41) is 14.0. The van der Waals surface area contributed by atoms with Gasteiger partial charge in [-0.15, -0.1) is 0 Å². The molecule has 1 unspecified atom stereocenters. The highest BCUT2D eigenvalue weighted by atomic mass is 16.6. The standard InChI is InChI=1S/C13H15N5O2/c1-9(13-4-2-3-5-15-13)16-10-6-11(17-14)8-12(7-10)18(19)20/h2-9,16-17H,14H2,1H3. The fourth-order valence-corrected chi connectivity index (χ4v) is 1.84. The predicted octanol–water partition coefficient (Wildman–Crippen LogP) is 2.45. The van der Waals surface area contributed by atoms with E-state index in [1.807, 2.05) is 25.1 Å². The van der Waals surface area contributed by atoms with E-state index in [2.05, 4.69) is 15.7 Å². The summed E-state index contributed by atoms with van der Waals surface area (Å²) in [6.07, 6.45) is 1.70. The number of pyridine rings is 1. The van der Waals surface area contributed by atoms with Crippen molar-refractivity contribution in [3.05, 3.63) is 58.4 Å². The Labute approximate surface area is 116 Å². The Balaban J connectivity index is 2.24. The van der Waals surface area contributed by atoms with E-state index in [9.17, 15) is 10.1 Å². The van der Waals surface area contributed by atoms with Gasteiger partial charge in [0.1, 0.15) is 0 Å². The molecule has 0 aliphatic carbocycles. The lowest BCUT2D eigenvalue weighted by Crippen LogP contribution is -2.10. The highest BCUT2D eigenvalue weighted by molar-refractivity contribution is 5.63. The average Bonchev–Trinajstić information content (AvgIpc) is 2.47. The van der Waals surface area contributed by atoms with Crippen LogP contribution in [0, 0.1) is 10.1 Å². The number of anilines is 2. The normalized spacial score (nSPS) is 11.7. The van der Waals surface area contributed by atoms with Gasteiger partial charge in [-0.3, -0.25) is 20.9 Å². The Kier molecular flexibility index (Phi) is 4.11. The first-order valence-corrected chi connectivity index (χ1v) is 6.03. The van der Waals surface area contributed by atoms with Crippen molar-refractivity contribution in [3.8, 4) is 0 Å². The molecule has 104 valence electrons. The maximum Gasteiger partial charge on any atom is 0.273 e. The Morgan fingerprint density at radius 1 is 1.30 bits per heavy atom. The molecule has 2 rings (SSSR count). The number of hydrogen-bond acceptors (Lipinski definition) is 6. The van der Waals surface area contributed by atoms with Gasteiger partial charge in [0, 0.05) is 24.0 Å². The van der Waals surface area contributed by atoms with Crippen molar-refractivity contribution >= 4 is 17.1 Å². The molecule has 1 aromatic carbocycles. The van der Waals surface area contributed by atoms with Crippen LogP contribution in [0.5, 0.6) is 0 Å². The van der Waals surface area contributed by atoms with Crippen LogP contribution in [0.25, 0.3) is 0 Å². The summed E-state index contributed by atoms with van der Waals surface area (Å²) in [7, 11) is 0. The third-order valence-corrected chi connectivity index (χ3v) is 2.81. The van der Waals surface area contributed by atoms with Crippen molar-refractivity contribution < 1.29 is 4.92 Å². The molecule has 0 amide bonds. The molecular formula is C13H15N5O2. The van der Waals surface area contributed by atoms with E-state index < -0.39 is 4.92 Å². The summed E-state index contributed by atoms with van der Waals surface area (Å²) in [5.74, 6) is 5.32. The van der Waals surface area contributed by atoms with Gasteiger partial charge in [-0.1, -0.05) is 6.07 Å². The highest BCUT2D eigenvalue weighted by Gasteiger charge is 2.12. The van der Waals surface area contributed by atoms with E-state index in [-0.39, 0.29) is 11.7 Å². The van der Waals surface area contributed by atoms with E-state index in [1.54, 1.807) is 12.3 Å². The van der Waals surface area contributed by atoms with Gasteiger partial charge in [0.25, 0.3) is 5.69 Å². The van der Waals surface area contributed by atoms with Crippen LogP contribution in [-0.4, -0.2) is 9.91 Å². The second-order valence-electron chi connectivity index (χ2n) is 4.29. The zero-order chi connectivity index (χ0) is 14.5. The largest absolute Gasteiger partial charge is 0.377 e. The zero-order valence-electron chi connectivity index (χ0n) is 10.9. The van der Waals surface area contributed by atoms with Crippen molar-refractivity contribution in [2.24, 2.45) is 5.84 Å². The Hall–Kier alpha value is -2.67. The maximum atomic E-state index is 10.9. The van der Waals surface area contributed by atoms with Crippen LogP contribution in [0.15, 0.2) is 42.6 Å². The first kappa shape index (κ1) is 13.8. The average molecular weight is 273 g/mol. The molecular weight excluding hydrogens is 258 g/mol. The lowest BCUT2D eigenvalue weighted by atomic mass is 10.2. The van der Waals surface area contributed by atoms with Gasteiger partial charge >= 0.3 is 0 Å². The van der Waals surface area contributed by atoms with Gasteiger partial charge in [-0.25, -0.2) is 0 Å². The molecule has 0 aliphatic rings. The molecule has 2 aromatic rings. The number of hydrazine groups is 1. The predicted molar refractivity (Wildman–Crippen MR) is 77.2 cm³/mol. The highest BCUT2D eigenvalue weighted by Crippen LogP contribution is 2.26. The third kappa shape index (κ3) is 3.21. The molecule has 0 radical (unpaired) electrons. The Morgan fingerprint density at radius 3 is 2.65 bits per heavy atom. The molecule has 0 aliphatic heterocycles. The van der Waals surface area contributed by atoms with Crippen molar-refractivity contribution in [1.29, 1.82) is 0 Å². The van der Waals surface area contributed by atoms with Gasteiger partial charge in [0.15, 0.2) is 0 Å². The van der Waals surface area contributed by atoms with Crippen molar-refractivity contribution in [1.82, 2.24) is 4.98 Å². The van der Waals surface area contributed by atoms with Gasteiger partial charge in [-0.2, -0.15) is 0 Å². The van der Waals surface area contributed by atoms with Crippen LogP contribution in [-0.2, 0) is 0 Å². The number of rotatable bonds is 5. The summed E-state index contributed by atoms with van der Waals surface area (Å²) in [5.41, 5.74) is 4.30. The van der Waals surface area contributed by atoms with Gasteiger partial charge in [-0.05, 0) is 25.1 Å². The lowest BCUT2D eigenvalue weighted by Gasteiger charge is -2.15. The fraction of sp³-hybridized carbons (Fsp3) is 0.154. The van der Waals surface area contributed by atoms with Crippen molar-refractivity contribution in [2.75, 3.05) is 10.7 Å². The minimum Gasteiger partial charge on any atom is -0.377 e. The monoisotopic (exact) mass is 273 g/mol. The molecule has 0 fully saturated rings. The topological polar surface area (TPSA) is 106 Å². The SMILES string of the molecule is CC(Nc1cc(NN)cc([N+](=O)[O-])c1)c1ccccn1. The van der Waals surface area contributed by atoms with E-state index in [4.69, 9.17) is 5.84 Å². The van der Waals surface area contributed by atoms with Crippen molar-refractivity contribution in [2.45, 2.75) is 13.0 Å². The van der Waals surface area contributed by atoms with Crippen LogP contribution in [0.3, 0.4) is 0 Å². The summed E-state index contributed by atoms with van der Waals surface area (Å²) in [4.78, 5) is 14.7. The van der Waals surface area contributed by atoms with Crippen molar-refractivity contribution in [3.63, 3.8) is 0 Å². The van der Waals surface area contributed by atoms with E-state index in [0.717, 1.165) is 5.69 Å². The number of hydrogen-bond donors (Lipinski definition) is 3. The number of non-ortho nitro benzene ring substituents is 1. The molecule has 0 saturated heterocycles. The number of nitrogens with one attached hydrogen (secondary N) is 2. The minimum atomic E-state index is -0.461. The molecule has 20 heavy (non-hydrogen) atoms. The maximum absolute atomic E-state index is 10.9. The van der Waals surface area contributed by atoms with E-state index >= 15 is 0 Å². The first-order valence-electron chi connectivity index (χ1n) is 6.03. The molecule has 7 nitrogen and oxygen atoms in total. The number of aromatic nitrogens is 1. The second-order valence-corrected chi connectivity index (χ2v) is 4.29. The summed E-state index contributed by atoms with van der Waals surface area (Å²) >= 11 is 0. The molecule has 0 saturated carbocycles. The molecule has 1 atom stereocenters. The molecule has 4 N–H and O–H groups in total. The number of nitro groups is 1. The van der Waals surface area contributed by atoms with Crippen LogP contribution in [0.1, 0.15) is 18.7 Å². The van der Waals surface area contributed by atoms with Crippen LogP contribution in [0.4, 0.5) is 17.1 Å². The third-order valence-electron chi connectivity index (χ3n) is 2.81. The quantitative estimate of drug-likeness (QED) is 0.439. The molecule has 0 spiro atoms. The Morgan fingerprint density at radius 2 is 2.05 bits per heavy atom. The number of benzene rings is 1. The summed E-state index contributed by atoms with van der Waals surface area (Å²) in [6, 6.07) is 10.1. The van der Waals surface area contributed by atoms with Crippen LogP contribution >= 0.6 is 0 Å². The second kappa shape index (κ2) is 5.98. The van der Waals surface area contributed by atoms with Crippen LogP contribution in [0.2, 0.25) is 0 Å². The Bertz CT molecular complexity index is 603. The smallest absolute Gasteiger partial charge is 0.273 e. The van der Waals surface area contributed by atoms with E-state index in [0.29, 0.717) is 11.4 Å².